The lowest BCUT2D eigenvalue weighted by Gasteiger charge is -2.26. The fraction of sp³-hybridized carbons (Fsp3) is 0.385. The van der Waals surface area contributed by atoms with Gasteiger partial charge >= 0.3 is 0 Å². The Morgan fingerprint density at radius 3 is 2.26 bits per heavy atom. The third-order valence-electron chi connectivity index (χ3n) is 5.52. The van der Waals surface area contributed by atoms with Crippen molar-refractivity contribution in [3.8, 4) is 17.2 Å². The van der Waals surface area contributed by atoms with Crippen molar-refractivity contribution >= 4 is 17.4 Å². The molecular formula is C26H31NO7. The molecule has 2 aromatic rings. The molecule has 1 aliphatic rings. The first-order chi connectivity index (χ1) is 16.3. The molecule has 1 saturated heterocycles. The number of amides is 1. The zero-order valence-corrected chi connectivity index (χ0v) is 20.2. The van der Waals surface area contributed by atoms with Gasteiger partial charge in [0, 0.05) is 37.5 Å². The van der Waals surface area contributed by atoms with Gasteiger partial charge in [-0.1, -0.05) is 0 Å². The molecule has 0 aliphatic carbocycles. The van der Waals surface area contributed by atoms with E-state index >= 15 is 0 Å². The minimum Gasteiger partial charge on any atom is -0.507 e. The van der Waals surface area contributed by atoms with Crippen molar-refractivity contribution in [1.29, 1.82) is 0 Å². The average Bonchev–Trinajstić information content (AvgIpc) is 3.08. The number of Topliss-reactive ketones (excluding diaryl/α,β-unsaturated/α-hetero) is 1. The summed E-state index contributed by atoms with van der Waals surface area (Å²) >= 11 is 0. The number of carbonyl (C=O) groups is 2. The van der Waals surface area contributed by atoms with Gasteiger partial charge in [-0.15, -0.1) is 0 Å². The lowest BCUT2D eigenvalue weighted by molar-refractivity contribution is -0.140. The molecule has 1 fully saturated rings. The second-order valence-electron chi connectivity index (χ2n) is 8.14. The van der Waals surface area contributed by atoms with Crippen LogP contribution in [-0.4, -0.2) is 62.3 Å². The Labute approximate surface area is 199 Å². The summed E-state index contributed by atoms with van der Waals surface area (Å²) in [5.41, 5.74) is 0.980. The van der Waals surface area contributed by atoms with E-state index in [9.17, 15) is 14.7 Å². The van der Waals surface area contributed by atoms with E-state index in [1.807, 2.05) is 13.8 Å². The van der Waals surface area contributed by atoms with Gasteiger partial charge in [0.15, 0.2) is 0 Å². The molecule has 2 aromatic carbocycles. The van der Waals surface area contributed by atoms with Crippen molar-refractivity contribution in [2.24, 2.45) is 0 Å². The fourth-order valence-corrected chi connectivity index (χ4v) is 3.98. The summed E-state index contributed by atoms with van der Waals surface area (Å²) < 4.78 is 21.6. The number of benzene rings is 2. The van der Waals surface area contributed by atoms with E-state index in [0.29, 0.717) is 41.4 Å². The number of likely N-dealkylation sites (tertiary alicyclic amines) is 1. The summed E-state index contributed by atoms with van der Waals surface area (Å²) in [6.45, 7) is 4.53. The van der Waals surface area contributed by atoms with Crippen LogP contribution in [-0.2, 0) is 14.3 Å². The summed E-state index contributed by atoms with van der Waals surface area (Å²) in [7, 11) is 4.62. The number of carbonyl (C=O) groups excluding carboxylic acids is 2. The Balaban J connectivity index is 2.13. The summed E-state index contributed by atoms with van der Waals surface area (Å²) in [4.78, 5) is 27.6. The number of rotatable bonds is 10. The topological polar surface area (TPSA) is 94.5 Å². The predicted octanol–water partition coefficient (Wildman–Crippen LogP) is 3.95. The van der Waals surface area contributed by atoms with Gasteiger partial charge in [-0.25, -0.2) is 0 Å². The highest BCUT2D eigenvalue weighted by atomic mass is 16.5. The van der Waals surface area contributed by atoms with Crippen LogP contribution in [0.15, 0.2) is 48.0 Å². The maximum absolute atomic E-state index is 13.2. The molecule has 0 saturated carbocycles. The van der Waals surface area contributed by atoms with E-state index in [1.165, 1.54) is 19.1 Å². The normalized spacial score (nSPS) is 17.4. The van der Waals surface area contributed by atoms with E-state index in [0.717, 1.165) is 0 Å². The molecule has 1 amide bonds. The molecule has 1 heterocycles. The Hall–Kier alpha value is -3.52. The lowest BCUT2D eigenvalue weighted by Crippen LogP contribution is -2.31. The molecule has 8 nitrogen and oxygen atoms in total. The van der Waals surface area contributed by atoms with E-state index in [1.54, 1.807) is 49.6 Å². The Kier molecular flexibility index (Phi) is 8.17. The molecular weight excluding hydrogens is 438 g/mol. The number of ketones is 1. The van der Waals surface area contributed by atoms with Crippen molar-refractivity contribution in [2.45, 2.75) is 32.4 Å². The molecule has 0 spiro atoms. The maximum Gasteiger partial charge on any atom is 0.295 e. The molecule has 1 aliphatic heterocycles. The third-order valence-corrected chi connectivity index (χ3v) is 5.52. The van der Waals surface area contributed by atoms with E-state index in [4.69, 9.17) is 18.9 Å². The average molecular weight is 470 g/mol. The van der Waals surface area contributed by atoms with Crippen LogP contribution in [0.4, 0.5) is 0 Å². The zero-order chi connectivity index (χ0) is 24.8. The van der Waals surface area contributed by atoms with Crippen LogP contribution in [0.25, 0.3) is 5.76 Å². The molecule has 8 heteroatoms. The molecule has 0 radical (unpaired) electrons. The molecule has 0 bridgehead atoms. The first-order valence-electron chi connectivity index (χ1n) is 11.1. The molecule has 3 rings (SSSR count). The second kappa shape index (κ2) is 11.1. The minimum absolute atomic E-state index is 0.000547. The molecule has 182 valence electrons. The molecule has 0 unspecified atom stereocenters. The van der Waals surface area contributed by atoms with Crippen molar-refractivity contribution in [3.05, 3.63) is 59.2 Å². The number of nitrogens with zero attached hydrogens (tertiary/aromatic N) is 1. The first-order valence-corrected chi connectivity index (χ1v) is 11.1. The van der Waals surface area contributed by atoms with Gasteiger partial charge in [0.2, 0.25) is 0 Å². The molecule has 1 N–H and O–H groups in total. The van der Waals surface area contributed by atoms with E-state index < -0.39 is 17.7 Å². The monoisotopic (exact) mass is 469 g/mol. The number of hydrogen-bond donors (Lipinski definition) is 1. The van der Waals surface area contributed by atoms with Gasteiger partial charge in [-0.3, -0.25) is 9.59 Å². The standard InChI is InChI=1S/C26H31NO7/c1-16(2)34-18-9-7-17(8-10-18)24(28)22-23(20-12-11-19(32-4)15-21(20)33-5)27(13-6-14-31-3)26(30)25(22)29/h7-12,15-16,23,28H,6,13-14H2,1-5H3/b24-22+/t23-/m0/s1. The van der Waals surface area contributed by atoms with Crippen LogP contribution in [0.1, 0.15) is 37.4 Å². The number of hydrogen-bond acceptors (Lipinski definition) is 7. The summed E-state index contributed by atoms with van der Waals surface area (Å²) in [5.74, 6) is -0.0423. The number of methoxy groups -OCH3 is 3. The SMILES string of the molecule is COCCCN1C(=O)C(=O)/C(=C(/O)c2ccc(OC(C)C)cc2)[C@@H]1c1ccc(OC)cc1OC. The Morgan fingerprint density at radius 1 is 1.00 bits per heavy atom. The van der Waals surface area contributed by atoms with Crippen LogP contribution in [0.5, 0.6) is 17.2 Å². The van der Waals surface area contributed by atoms with Gasteiger partial charge in [-0.05, 0) is 56.7 Å². The number of ether oxygens (including phenoxy) is 4. The number of aliphatic hydroxyl groups is 1. The van der Waals surface area contributed by atoms with Crippen LogP contribution in [0.3, 0.4) is 0 Å². The molecule has 34 heavy (non-hydrogen) atoms. The van der Waals surface area contributed by atoms with E-state index in [2.05, 4.69) is 0 Å². The summed E-state index contributed by atoms with van der Waals surface area (Å²) in [5, 5.41) is 11.2. The van der Waals surface area contributed by atoms with E-state index in [-0.39, 0.29) is 24.0 Å². The molecule has 0 aromatic heterocycles. The minimum atomic E-state index is -0.829. The highest BCUT2D eigenvalue weighted by Gasteiger charge is 2.46. The fourth-order valence-electron chi connectivity index (χ4n) is 3.98. The maximum atomic E-state index is 13.2. The highest BCUT2D eigenvalue weighted by Crippen LogP contribution is 2.43. The highest BCUT2D eigenvalue weighted by molar-refractivity contribution is 6.46. The van der Waals surface area contributed by atoms with Gasteiger partial charge < -0.3 is 29.0 Å². The third kappa shape index (κ3) is 5.17. The van der Waals surface area contributed by atoms with Crippen molar-refractivity contribution in [3.63, 3.8) is 0 Å². The number of aliphatic hydroxyl groups excluding tert-OH is 1. The quantitative estimate of drug-likeness (QED) is 0.244. The van der Waals surface area contributed by atoms with Crippen molar-refractivity contribution in [2.75, 3.05) is 34.5 Å². The summed E-state index contributed by atoms with van der Waals surface area (Å²) in [6, 6.07) is 11.1. The Bertz CT molecular complexity index is 1060. The van der Waals surface area contributed by atoms with Crippen LogP contribution in [0, 0.1) is 0 Å². The predicted molar refractivity (Wildman–Crippen MR) is 127 cm³/mol. The second-order valence-corrected chi connectivity index (χ2v) is 8.14. The smallest absolute Gasteiger partial charge is 0.295 e. The lowest BCUT2D eigenvalue weighted by atomic mass is 9.94. The zero-order valence-electron chi connectivity index (χ0n) is 20.2. The Morgan fingerprint density at radius 2 is 1.68 bits per heavy atom. The van der Waals surface area contributed by atoms with Crippen molar-refractivity contribution in [1.82, 2.24) is 4.90 Å². The van der Waals surface area contributed by atoms with Gasteiger partial charge in [-0.2, -0.15) is 0 Å². The van der Waals surface area contributed by atoms with Crippen LogP contribution in [0.2, 0.25) is 0 Å². The van der Waals surface area contributed by atoms with Crippen LogP contribution >= 0.6 is 0 Å². The summed E-state index contributed by atoms with van der Waals surface area (Å²) in [6.07, 6.45) is 0.527. The van der Waals surface area contributed by atoms with Gasteiger partial charge in [0.05, 0.1) is 31.9 Å². The molecule has 1 atom stereocenters. The van der Waals surface area contributed by atoms with Gasteiger partial charge in [0.25, 0.3) is 11.7 Å². The van der Waals surface area contributed by atoms with Gasteiger partial charge in [0.1, 0.15) is 23.0 Å². The largest absolute Gasteiger partial charge is 0.507 e. The van der Waals surface area contributed by atoms with Crippen molar-refractivity contribution < 1.29 is 33.6 Å². The van der Waals surface area contributed by atoms with Crippen LogP contribution < -0.4 is 14.2 Å². The first kappa shape index (κ1) is 25.1.